The molecular formula is C10H11FN4S. The van der Waals surface area contributed by atoms with Crippen molar-refractivity contribution in [3.63, 3.8) is 0 Å². The molecule has 16 heavy (non-hydrogen) atoms. The molecule has 0 aliphatic rings. The largest absolute Gasteiger partial charge is 0.326 e. The Bertz CT molecular complexity index is 458. The summed E-state index contributed by atoms with van der Waals surface area (Å²) in [5.41, 5.74) is 6.99. The first kappa shape index (κ1) is 11.1. The third kappa shape index (κ3) is 2.59. The third-order valence-electron chi connectivity index (χ3n) is 2.10. The average molecular weight is 238 g/mol. The normalized spacial score (nSPS) is 10.6. The predicted octanol–water partition coefficient (Wildman–Crippen LogP) is 1.69. The number of nitrogens with one attached hydrogen (secondary N) is 1. The molecule has 1 aromatic carbocycles. The number of aromatic nitrogens is 3. The van der Waals surface area contributed by atoms with E-state index in [1.165, 1.54) is 24.2 Å². The number of H-pyrrole nitrogens is 1. The van der Waals surface area contributed by atoms with Crippen LogP contribution in [0.15, 0.2) is 29.7 Å². The van der Waals surface area contributed by atoms with Crippen LogP contribution >= 0.6 is 11.8 Å². The first-order chi connectivity index (χ1) is 7.79. The molecular weight excluding hydrogens is 227 g/mol. The van der Waals surface area contributed by atoms with Crippen LogP contribution in [0.25, 0.3) is 0 Å². The van der Waals surface area contributed by atoms with Crippen LogP contribution < -0.4 is 5.73 Å². The van der Waals surface area contributed by atoms with Gasteiger partial charge in [-0.2, -0.15) is 5.10 Å². The van der Waals surface area contributed by atoms with Crippen molar-refractivity contribution in [1.29, 1.82) is 0 Å². The lowest BCUT2D eigenvalue weighted by Crippen LogP contribution is -2.00. The molecule has 3 N–H and O–H groups in total. The summed E-state index contributed by atoms with van der Waals surface area (Å²) >= 11 is 1.51. The Hall–Kier alpha value is -1.40. The molecule has 0 unspecified atom stereocenters. The zero-order valence-corrected chi connectivity index (χ0v) is 9.30. The highest BCUT2D eigenvalue weighted by atomic mass is 32.2. The zero-order valence-electron chi connectivity index (χ0n) is 8.48. The van der Waals surface area contributed by atoms with E-state index in [1.807, 2.05) is 0 Å². The maximum atomic E-state index is 13.2. The molecule has 0 atom stereocenters. The van der Waals surface area contributed by atoms with Crippen LogP contribution in [-0.2, 0) is 12.3 Å². The van der Waals surface area contributed by atoms with Crippen molar-refractivity contribution in [3.8, 4) is 0 Å². The Morgan fingerprint density at radius 3 is 3.00 bits per heavy atom. The molecule has 84 valence electrons. The summed E-state index contributed by atoms with van der Waals surface area (Å²) in [4.78, 5) is 3.99. The van der Waals surface area contributed by atoms with E-state index in [-0.39, 0.29) is 12.4 Å². The van der Waals surface area contributed by atoms with Crippen molar-refractivity contribution in [2.24, 2.45) is 5.73 Å². The van der Waals surface area contributed by atoms with Crippen LogP contribution in [0.2, 0.25) is 0 Å². The van der Waals surface area contributed by atoms with Gasteiger partial charge in [0.15, 0.2) is 5.16 Å². The number of rotatable bonds is 4. The van der Waals surface area contributed by atoms with Crippen LogP contribution in [0.1, 0.15) is 11.1 Å². The summed E-state index contributed by atoms with van der Waals surface area (Å²) in [6.07, 6.45) is 1.46. The molecule has 6 heteroatoms. The van der Waals surface area contributed by atoms with Crippen LogP contribution in [0.3, 0.4) is 0 Å². The average Bonchev–Trinajstić information content (AvgIpc) is 2.81. The summed E-state index contributed by atoms with van der Waals surface area (Å²) in [7, 11) is 0. The fraction of sp³-hybridized carbons (Fsp3) is 0.200. The van der Waals surface area contributed by atoms with Crippen LogP contribution in [0.5, 0.6) is 0 Å². The lowest BCUT2D eigenvalue weighted by molar-refractivity contribution is 0.610. The molecule has 0 aliphatic carbocycles. The SMILES string of the molecule is NCc1cc(CSc2ncn[nH]2)ccc1F. The van der Waals surface area contributed by atoms with E-state index >= 15 is 0 Å². The molecule has 1 heterocycles. The van der Waals surface area contributed by atoms with Gasteiger partial charge in [-0.05, 0) is 11.6 Å². The third-order valence-corrected chi connectivity index (χ3v) is 3.05. The number of hydrogen-bond acceptors (Lipinski definition) is 4. The monoisotopic (exact) mass is 238 g/mol. The number of hydrogen-bond donors (Lipinski definition) is 2. The van der Waals surface area contributed by atoms with Crippen molar-refractivity contribution in [3.05, 3.63) is 41.5 Å². The Kier molecular flexibility index (Phi) is 3.53. The van der Waals surface area contributed by atoms with E-state index in [9.17, 15) is 4.39 Å². The molecule has 0 fully saturated rings. The van der Waals surface area contributed by atoms with Gasteiger partial charge in [-0.3, -0.25) is 5.10 Å². The molecule has 0 saturated carbocycles. The van der Waals surface area contributed by atoms with E-state index in [2.05, 4.69) is 15.2 Å². The van der Waals surface area contributed by atoms with E-state index in [1.54, 1.807) is 12.1 Å². The Labute approximate surface area is 96.5 Å². The van der Waals surface area contributed by atoms with Crippen molar-refractivity contribution in [1.82, 2.24) is 15.2 Å². The molecule has 0 radical (unpaired) electrons. The van der Waals surface area contributed by atoms with Gasteiger partial charge in [0.25, 0.3) is 0 Å². The number of nitrogens with zero attached hydrogens (tertiary/aromatic N) is 2. The lowest BCUT2D eigenvalue weighted by Gasteiger charge is -2.03. The fourth-order valence-corrected chi connectivity index (χ4v) is 2.01. The van der Waals surface area contributed by atoms with Crippen molar-refractivity contribution < 1.29 is 4.39 Å². The minimum atomic E-state index is -0.254. The summed E-state index contributed by atoms with van der Waals surface area (Å²) in [5.74, 6) is 0.457. The predicted molar refractivity (Wildman–Crippen MR) is 60.2 cm³/mol. The number of benzene rings is 1. The molecule has 0 spiro atoms. The highest BCUT2D eigenvalue weighted by Crippen LogP contribution is 2.19. The Morgan fingerprint density at radius 2 is 2.31 bits per heavy atom. The van der Waals surface area contributed by atoms with Gasteiger partial charge >= 0.3 is 0 Å². The van der Waals surface area contributed by atoms with Gasteiger partial charge in [0.2, 0.25) is 0 Å². The smallest absolute Gasteiger partial charge is 0.183 e. The number of nitrogens with two attached hydrogens (primary N) is 1. The van der Waals surface area contributed by atoms with Crippen LogP contribution in [-0.4, -0.2) is 15.2 Å². The van der Waals surface area contributed by atoms with Crippen LogP contribution in [0, 0.1) is 5.82 Å². The van der Waals surface area contributed by atoms with Crippen LogP contribution in [0.4, 0.5) is 4.39 Å². The van der Waals surface area contributed by atoms with Gasteiger partial charge in [0.1, 0.15) is 12.1 Å². The van der Waals surface area contributed by atoms with Gasteiger partial charge in [-0.25, -0.2) is 9.37 Å². The number of aromatic amines is 1. The van der Waals surface area contributed by atoms with Crippen molar-refractivity contribution in [2.75, 3.05) is 0 Å². The first-order valence-electron chi connectivity index (χ1n) is 4.75. The second kappa shape index (κ2) is 5.09. The highest BCUT2D eigenvalue weighted by molar-refractivity contribution is 7.98. The van der Waals surface area contributed by atoms with E-state index in [0.29, 0.717) is 11.3 Å². The lowest BCUT2D eigenvalue weighted by atomic mass is 10.1. The first-order valence-corrected chi connectivity index (χ1v) is 5.73. The molecule has 1 aromatic heterocycles. The summed E-state index contributed by atoms with van der Waals surface area (Å²) < 4.78 is 13.2. The molecule has 2 rings (SSSR count). The topological polar surface area (TPSA) is 67.6 Å². The van der Waals surface area contributed by atoms with Crippen molar-refractivity contribution >= 4 is 11.8 Å². The van der Waals surface area contributed by atoms with Crippen molar-refractivity contribution in [2.45, 2.75) is 17.5 Å². The van der Waals surface area contributed by atoms with Gasteiger partial charge < -0.3 is 5.73 Å². The minimum Gasteiger partial charge on any atom is -0.326 e. The second-order valence-electron chi connectivity index (χ2n) is 3.21. The fourth-order valence-electron chi connectivity index (χ4n) is 1.29. The second-order valence-corrected chi connectivity index (χ2v) is 4.17. The van der Waals surface area contributed by atoms with E-state index in [0.717, 1.165) is 10.7 Å². The van der Waals surface area contributed by atoms with E-state index in [4.69, 9.17) is 5.73 Å². The molecule has 4 nitrogen and oxygen atoms in total. The molecule has 2 aromatic rings. The Morgan fingerprint density at radius 1 is 1.44 bits per heavy atom. The molecule has 0 aliphatic heterocycles. The van der Waals surface area contributed by atoms with Gasteiger partial charge in [0, 0.05) is 17.9 Å². The molecule has 0 bridgehead atoms. The summed E-state index contributed by atoms with van der Waals surface area (Å²) in [6.45, 7) is 0.215. The number of halogens is 1. The molecule has 0 amide bonds. The van der Waals surface area contributed by atoms with E-state index < -0.39 is 0 Å². The summed E-state index contributed by atoms with van der Waals surface area (Å²) in [6, 6.07) is 4.97. The van der Waals surface area contributed by atoms with Gasteiger partial charge in [-0.15, -0.1) is 0 Å². The quantitative estimate of drug-likeness (QED) is 0.795. The Balaban J connectivity index is 2.04. The van der Waals surface area contributed by atoms with Gasteiger partial charge in [-0.1, -0.05) is 23.9 Å². The van der Waals surface area contributed by atoms with Gasteiger partial charge in [0.05, 0.1) is 0 Å². The maximum Gasteiger partial charge on any atom is 0.183 e. The molecule has 0 saturated heterocycles. The minimum absolute atomic E-state index is 0.215. The maximum absolute atomic E-state index is 13.2. The highest BCUT2D eigenvalue weighted by Gasteiger charge is 2.03. The zero-order chi connectivity index (χ0) is 11.4. The summed E-state index contributed by atoms with van der Waals surface area (Å²) in [5, 5.41) is 7.24. The standard InChI is InChI=1S/C10H11FN4S/c11-9-2-1-7(3-8(9)4-12)5-16-10-13-6-14-15-10/h1-3,6H,4-5,12H2,(H,13,14,15). The number of thioether (sulfide) groups is 1.